The van der Waals surface area contributed by atoms with Gasteiger partial charge in [-0.1, -0.05) is 17.7 Å². The highest BCUT2D eigenvalue weighted by Gasteiger charge is 2.19. The van der Waals surface area contributed by atoms with Crippen LogP contribution in [-0.2, 0) is 14.6 Å². The molecule has 0 aliphatic carbocycles. The molecule has 120 valence electrons. The third kappa shape index (κ3) is 4.40. The van der Waals surface area contributed by atoms with Crippen LogP contribution in [0.3, 0.4) is 0 Å². The number of sulfone groups is 1. The van der Waals surface area contributed by atoms with Crippen molar-refractivity contribution in [3.63, 3.8) is 0 Å². The van der Waals surface area contributed by atoms with Crippen molar-refractivity contribution in [2.45, 2.75) is 11.8 Å². The fourth-order valence-electron chi connectivity index (χ4n) is 1.89. The summed E-state index contributed by atoms with van der Waals surface area (Å²) >= 11 is 0. The molecule has 0 heterocycles. The summed E-state index contributed by atoms with van der Waals surface area (Å²) in [6.07, 6.45) is 0. The number of anilines is 1. The van der Waals surface area contributed by atoms with Crippen LogP contribution >= 0.6 is 0 Å². The maximum Gasteiger partial charge on any atom is 0.335 e. The quantitative estimate of drug-likeness (QED) is 0.873. The van der Waals surface area contributed by atoms with Crippen LogP contribution in [0, 0.1) is 6.92 Å². The molecule has 0 aromatic heterocycles. The van der Waals surface area contributed by atoms with Gasteiger partial charge in [0.25, 0.3) is 0 Å². The fourth-order valence-corrected chi connectivity index (χ4v) is 3.03. The van der Waals surface area contributed by atoms with Crippen molar-refractivity contribution in [3.05, 3.63) is 59.7 Å². The second-order valence-electron chi connectivity index (χ2n) is 5.00. The van der Waals surface area contributed by atoms with Crippen LogP contribution in [0.25, 0.3) is 0 Å². The molecule has 6 nitrogen and oxygen atoms in total. The Balaban J connectivity index is 2.06. The Morgan fingerprint density at radius 1 is 1.00 bits per heavy atom. The minimum absolute atomic E-state index is 0.0790. The zero-order valence-corrected chi connectivity index (χ0v) is 13.1. The lowest BCUT2D eigenvalue weighted by Gasteiger charge is -2.07. The van der Waals surface area contributed by atoms with Crippen molar-refractivity contribution < 1.29 is 23.1 Å². The Hall–Kier alpha value is -2.67. The van der Waals surface area contributed by atoms with E-state index in [0.29, 0.717) is 5.69 Å². The molecular formula is C16H15NO5S. The van der Waals surface area contributed by atoms with E-state index in [2.05, 4.69) is 5.32 Å². The van der Waals surface area contributed by atoms with E-state index in [4.69, 9.17) is 5.11 Å². The van der Waals surface area contributed by atoms with Crippen molar-refractivity contribution in [3.8, 4) is 0 Å². The van der Waals surface area contributed by atoms with E-state index in [9.17, 15) is 18.0 Å². The van der Waals surface area contributed by atoms with Crippen molar-refractivity contribution in [1.29, 1.82) is 0 Å². The number of carboxylic acids is 1. The van der Waals surface area contributed by atoms with Crippen LogP contribution in [-0.4, -0.2) is 31.2 Å². The first-order chi connectivity index (χ1) is 10.8. The van der Waals surface area contributed by atoms with Crippen molar-refractivity contribution >= 4 is 27.4 Å². The average Bonchev–Trinajstić information content (AvgIpc) is 2.47. The number of aromatic carboxylic acids is 1. The van der Waals surface area contributed by atoms with Crippen LogP contribution in [0.4, 0.5) is 5.69 Å². The van der Waals surface area contributed by atoms with Gasteiger partial charge in [-0.25, -0.2) is 13.2 Å². The van der Waals surface area contributed by atoms with E-state index < -0.39 is 27.5 Å². The molecule has 7 heteroatoms. The highest BCUT2D eigenvalue weighted by atomic mass is 32.2. The first-order valence-electron chi connectivity index (χ1n) is 6.70. The Morgan fingerprint density at radius 3 is 2.09 bits per heavy atom. The Morgan fingerprint density at radius 2 is 1.57 bits per heavy atom. The van der Waals surface area contributed by atoms with Crippen LogP contribution < -0.4 is 5.32 Å². The summed E-state index contributed by atoms with van der Waals surface area (Å²) in [5.41, 5.74) is 1.33. The number of hydrogen-bond acceptors (Lipinski definition) is 4. The van der Waals surface area contributed by atoms with E-state index >= 15 is 0 Å². The molecule has 0 aliphatic rings. The van der Waals surface area contributed by atoms with Gasteiger partial charge in [0.15, 0.2) is 9.84 Å². The van der Waals surface area contributed by atoms with Gasteiger partial charge in [0.1, 0.15) is 5.75 Å². The number of amides is 1. The van der Waals surface area contributed by atoms with Gasteiger partial charge in [0.2, 0.25) is 5.91 Å². The van der Waals surface area contributed by atoms with Crippen LogP contribution in [0.1, 0.15) is 15.9 Å². The second kappa shape index (κ2) is 6.62. The summed E-state index contributed by atoms with van der Waals surface area (Å²) in [6.45, 7) is 1.84. The van der Waals surface area contributed by atoms with E-state index in [1.165, 1.54) is 36.4 Å². The summed E-state index contributed by atoms with van der Waals surface area (Å²) < 4.78 is 24.3. The first kappa shape index (κ1) is 16.7. The summed E-state index contributed by atoms with van der Waals surface area (Å²) in [4.78, 5) is 22.7. The van der Waals surface area contributed by atoms with Crippen molar-refractivity contribution in [2.24, 2.45) is 0 Å². The molecule has 23 heavy (non-hydrogen) atoms. The lowest BCUT2D eigenvalue weighted by atomic mass is 10.2. The molecule has 2 aromatic carbocycles. The number of nitrogens with one attached hydrogen (secondary N) is 1. The largest absolute Gasteiger partial charge is 0.478 e. The molecule has 0 fully saturated rings. The number of hydrogen-bond donors (Lipinski definition) is 2. The Labute approximate surface area is 133 Å². The van der Waals surface area contributed by atoms with Crippen molar-refractivity contribution in [1.82, 2.24) is 0 Å². The Kier molecular flexibility index (Phi) is 4.80. The molecule has 2 rings (SSSR count). The zero-order chi connectivity index (χ0) is 17.0. The van der Waals surface area contributed by atoms with Gasteiger partial charge in [-0.15, -0.1) is 0 Å². The summed E-state index contributed by atoms with van der Waals surface area (Å²) in [5.74, 6) is -2.45. The smallest absolute Gasteiger partial charge is 0.335 e. The van der Waals surface area contributed by atoms with E-state index in [1.54, 1.807) is 12.1 Å². The standard InChI is InChI=1S/C16H15NO5S/c1-11-2-8-14(9-3-11)23(21,22)10-15(18)17-13-6-4-12(5-7-13)16(19)20/h2-9H,10H2,1H3,(H,17,18)(H,19,20). The lowest BCUT2D eigenvalue weighted by molar-refractivity contribution is -0.113. The fraction of sp³-hybridized carbons (Fsp3) is 0.125. The van der Waals surface area contributed by atoms with Crippen molar-refractivity contribution in [2.75, 3.05) is 11.1 Å². The molecule has 2 N–H and O–H groups in total. The molecule has 0 bridgehead atoms. The summed E-state index contributed by atoms with van der Waals surface area (Å²) in [5, 5.41) is 11.2. The summed E-state index contributed by atoms with van der Waals surface area (Å²) in [6, 6.07) is 11.7. The number of carbonyl (C=O) groups excluding carboxylic acids is 1. The molecule has 1 amide bonds. The predicted molar refractivity (Wildman–Crippen MR) is 85.3 cm³/mol. The first-order valence-corrected chi connectivity index (χ1v) is 8.36. The SMILES string of the molecule is Cc1ccc(S(=O)(=O)CC(=O)Nc2ccc(C(=O)O)cc2)cc1. The number of benzene rings is 2. The van der Waals surface area contributed by atoms with Gasteiger partial charge in [0, 0.05) is 5.69 Å². The number of carboxylic acid groups (broad SMARTS) is 1. The molecule has 0 spiro atoms. The maximum atomic E-state index is 12.1. The molecule has 0 saturated heterocycles. The minimum atomic E-state index is -3.72. The predicted octanol–water partition coefficient (Wildman–Crippen LogP) is 2.11. The average molecular weight is 333 g/mol. The van der Waals surface area contributed by atoms with Gasteiger partial charge < -0.3 is 10.4 Å². The van der Waals surface area contributed by atoms with Crippen LogP contribution in [0.15, 0.2) is 53.4 Å². The molecule has 0 unspecified atom stereocenters. The van der Waals surface area contributed by atoms with Crippen LogP contribution in [0.5, 0.6) is 0 Å². The minimum Gasteiger partial charge on any atom is -0.478 e. The second-order valence-corrected chi connectivity index (χ2v) is 6.99. The molecule has 0 saturated carbocycles. The Bertz CT molecular complexity index is 824. The van der Waals surface area contributed by atoms with Gasteiger partial charge in [-0.05, 0) is 43.3 Å². The van der Waals surface area contributed by atoms with E-state index in [-0.39, 0.29) is 10.5 Å². The highest BCUT2D eigenvalue weighted by molar-refractivity contribution is 7.92. The lowest BCUT2D eigenvalue weighted by Crippen LogP contribution is -2.23. The maximum absolute atomic E-state index is 12.1. The molecule has 0 radical (unpaired) electrons. The number of rotatable bonds is 5. The molecule has 2 aromatic rings. The molecular weight excluding hydrogens is 318 g/mol. The van der Waals surface area contributed by atoms with Crippen LogP contribution in [0.2, 0.25) is 0 Å². The normalized spacial score (nSPS) is 11.0. The van der Waals surface area contributed by atoms with E-state index in [1.807, 2.05) is 6.92 Å². The highest BCUT2D eigenvalue weighted by Crippen LogP contribution is 2.14. The van der Waals surface area contributed by atoms with Gasteiger partial charge in [-0.3, -0.25) is 4.79 Å². The van der Waals surface area contributed by atoms with Gasteiger partial charge in [-0.2, -0.15) is 0 Å². The number of carbonyl (C=O) groups is 2. The van der Waals surface area contributed by atoms with Gasteiger partial charge in [0.05, 0.1) is 10.5 Å². The summed E-state index contributed by atoms with van der Waals surface area (Å²) in [7, 11) is -3.72. The zero-order valence-electron chi connectivity index (χ0n) is 12.3. The van der Waals surface area contributed by atoms with Gasteiger partial charge >= 0.3 is 5.97 Å². The third-order valence-electron chi connectivity index (χ3n) is 3.12. The number of aryl methyl sites for hydroxylation is 1. The third-order valence-corrected chi connectivity index (χ3v) is 4.75. The van der Waals surface area contributed by atoms with E-state index in [0.717, 1.165) is 5.56 Å². The topological polar surface area (TPSA) is 101 Å². The molecule has 0 aliphatic heterocycles. The monoisotopic (exact) mass is 333 g/mol. The molecule has 0 atom stereocenters.